The zero-order chi connectivity index (χ0) is 14.8. The molecule has 0 aliphatic carbocycles. The smallest absolute Gasteiger partial charge is 0.134 e. The fraction of sp³-hybridized carbons (Fsp3) is 0.0588. The maximum Gasteiger partial charge on any atom is 0.134 e. The number of fused-ring (bicyclic) bond motifs is 1. The molecule has 0 heterocycles. The van der Waals surface area contributed by atoms with Gasteiger partial charge in [0, 0.05) is 10.6 Å². The third-order valence-corrected chi connectivity index (χ3v) is 4.41. The van der Waals surface area contributed by atoms with Crippen LogP contribution >= 0.6 is 27.5 Å². The zero-order valence-corrected chi connectivity index (χ0v) is 13.3. The Labute approximate surface area is 135 Å². The molecule has 0 bridgehead atoms. The van der Waals surface area contributed by atoms with Crippen LogP contribution in [-0.4, -0.2) is 0 Å². The van der Waals surface area contributed by atoms with Crippen molar-refractivity contribution in [2.24, 2.45) is 0 Å². The van der Waals surface area contributed by atoms with Crippen LogP contribution in [0, 0.1) is 5.82 Å². The summed E-state index contributed by atoms with van der Waals surface area (Å²) < 4.78 is 19.9. The normalized spacial score (nSPS) is 10.8. The number of ether oxygens (including phenoxy) is 1. The minimum Gasteiger partial charge on any atom is -0.488 e. The summed E-state index contributed by atoms with van der Waals surface area (Å²) in [5.41, 5.74) is 0.622. The topological polar surface area (TPSA) is 9.23 Å². The van der Waals surface area contributed by atoms with Crippen LogP contribution in [0.4, 0.5) is 4.39 Å². The van der Waals surface area contributed by atoms with Crippen molar-refractivity contribution in [3.05, 3.63) is 75.5 Å². The Bertz CT molecular complexity index is 804. The second-order valence-electron chi connectivity index (χ2n) is 4.62. The molecule has 3 aromatic carbocycles. The van der Waals surface area contributed by atoms with Crippen LogP contribution in [0.3, 0.4) is 0 Å². The SMILES string of the molecule is Fc1ccc(Cl)c(COc2ccc3ccccc3c2Br)c1. The molecule has 3 aromatic rings. The minimum atomic E-state index is -0.324. The molecule has 21 heavy (non-hydrogen) atoms. The van der Waals surface area contributed by atoms with Crippen molar-refractivity contribution in [1.82, 2.24) is 0 Å². The Hall–Kier alpha value is -1.58. The summed E-state index contributed by atoms with van der Waals surface area (Å²) in [5, 5.41) is 2.69. The van der Waals surface area contributed by atoms with E-state index in [1.807, 2.05) is 36.4 Å². The van der Waals surface area contributed by atoms with Gasteiger partial charge in [0.1, 0.15) is 18.2 Å². The molecule has 0 saturated carbocycles. The predicted molar refractivity (Wildman–Crippen MR) is 87.4 cm³/mol. The third-order valence-electron chi connectivity index (χ3n) is 3.22. The van der Waals surface area contributed by atoms with Gasteiger partial charge in [-0.15, -0.1) is 0 Å². The lowest BCUT2D eigenvalue weighted by molar-refractivity contribution is 0.304. The molecule has 0 aliphatic heterocycles. The summed E-state index contributed by atoms with van der Waals surface area (Å²) in [6, 6.07) is 16.1. The maximum absolute atomic E-state index is 13.2. The van der Waals surface area contributed by atoms with Crippen LogP contribution < -0.4 is 4.74 Å². The van der Waals surface area contributed by atoms with Crippen LogP contribution in [0.1, 0.15) is 5.56 Å². The lowest BCUT2D eigenvalue weighted by Gasteiger charge is -2.11. The van der Waals surface area contributed by atoms with Crippen molar-refractivity contribution in [3.63, 3.8) is 0 Å². The second kappa shape index (κ2) is 6.04. The van der Waals surface area contributed by atoms with E-state index in [-0.39, 0.29) is 12.4 Å². The van der Waals surface area contributed by atoms with Gasteiger partial charge in [-0.3, -0.25) is 0 Å². The minimum absolute atomic E-state index is 0.216. The first-order valence-corrected chi connectivity index (χ1v) is 7.56. The molecule has 0 N–H and O–H groups in total. The van der Waals surface area contributed by atoms with E-state index in [0.717, 1.165) is 15.2 Å². The third kappa shape index (κ3) is 3.04. The lowest BCUT2D eigenvalue weighted by atomic mass is 10.1. The van der Waals surface area contributed by atoms with Crippen LogP contribution in [-0.2, 0) is 6.61 Å². The Morgan fingerprint density at radius 1 is 1.05 bits per heavy atom. The van der Waals surface area contributed by atoms with E-state index in [1.165, 1.54) is 18.2 Å². The predicted octanol–water partition coefficient (Wildman–Crippen LogP) is 5.97. The Morgan fingerprint density at radius 3 is 2.71 bits per heavy atom. The van der Waals surface area contributed by atoms with E-state index in [0.29, 0.717) is 16.3 Å². The van der Waals surface area contributed by atoms with Gasteiger partial charge in [-0.05, 0) is 51.0 Å². The first kappa shape index (κ1) is 14.4. The number of hydrogen-bond donors (Lipinski definition) is 0. The standard InChI is InChI=1S/C17H11BrClFO/c18-17-14-4-2-1-3-11(14)5-8-16(17)21-10-12-9-13(20)6-7-15(12)19/h1-9H,10H2. The molecule has 106 valence electrons. The fourth-order valence-electron chi connectivity index (χ4n) is 2.13. The maximum atomic E-state index is 13.2. The summed E-state index contributed by atoms with van der Waals surface area (Å²) in [6.45, 7) is 0.216. The lowest BCUT2D eigenvalue weighted by Crippen LogP contribution is -1.98. The molecule has 1 nitrogen and oxygen atoms in total. The molecule has 0 aromatic heterocycles. The first-order chi connectivity index (χ1) is 10.1. The molecular formula is C17H11BrClFO. The van der Waals surface area contributed by atoms with Gasteiger partial charge in [0.15, 0.2) is 0 Å². The first-order valence-electron chi connectivity index (χ1n) is 6.39. The quantitative estimate of drug-likeness (QED) is 0.555. The van der Waals surface area contributed by atoms with Gasteiger partial charge in [-0.25, -0.2) is 4.39 Å². The molecule has 0 amide bonds. The summed E-state index contributed by atoms with van der Waals surface area (Å²) >= 11 is 9.60. The summed E-state index contributed by atoms with van der Waals surface area (Å²) in [7, 11) is 0. The van der Waals surface area contributed by atoms with Crippen LogP contribution in [0.25, 0.3) is 10.8 Å². The molecule has 0 radical (unpaired) electrons. The molecule has 3 rings (SSSR count). The fourth-order valence-corrected chi connectivity index (χ4v) is 2.91. The van der Waals surface area contributed by atoms with E-state index < -0.39 is 0 Å². The molecule has 0 saturated heterocycles. The van der Waals surface area contributed by atoms with Gasteiger partial charge in [0.05, 0.1) is 4.47 Å². The second-order valence-corrected chi connectivity index (χ2v) is 5.82. The van der Waals surface area contributed by atoms with Crippen LogP contribution in [0.5, 0.6) is 5.75 Å². The zero-order valence-electron chi connectivity index (χ0n) is 10.9. The van der Waals surface area contributed by atoms with Gasteiger partial charge in [-0.1, -0.05) is 41.9 Å². The average Bonchev–Trinajstić information content (AvgIpc) is 2.50. The van der Waals surface area contributed by atoms with Gasteiger partial charge in [0.2, 0.25) is 0 Å². The molecule has 0 spiro atoms. The Kier molecular flexibility index (Phi) is 4.13. The Balaban J connectivity index is 1.88. The van der Waals surface area contributed by atoms with Crippen LogP contribution in [0.2, 0.25) is 5.02 Å². The summed E-state index contributed by atoms with van der Waals surface area (Å²) in [4.78, 5) is 0. The molecule has 0 unspecified atom stereocenters. The molecule has 0 atom stereocenters. The van der Waals surface area contributed by atoms with Gasteiger partial charge in [-0.2, -0.15) is 0 Å². The van der Waals surface area contributed by atoms with E-state index in [4.69, 9.17) is 16.3 Å². The summed E-state index contributed by atoms with van der Waals surface area (Å²) in [5.74, 6) is 0.379. The highest BCUT2D eigenvalue weighted by atomic mass is 79.9. The van der Waals surface area contributed by atoms with Crippen molar-refractivity contribution in [1.29, 1.82) is 0 Å². The highest BCUT2D eigenvalue weighted by Crippen LogP contribution is 2.33. The highest BCUT2D eigenvalue weighted by molar-refractivity contribution is 9.10. The van der Waals surface area contributed by atoms with Gasteiger partial charge in [0.25, 0.3) is 0 Å². The van der Waals surface area contributed by atoms with Crippen LogP contribution in [0.15, 0.2) is 59.1 Å². The van der Waals surface area contributed by atoms with Gasteiger partial charge >= 0.3 is 0 Å². The van der Waals surface area contributed by atoms with Crippen molar-refractivity contribution < 1.29 is 9.13 Å². The van der Waals surface area contributed by atoms with Crippen molar-refractivity contribution in [3.8, 4) is 5.75 Å². The van der Waals surface area contributed by atoms with E-state index >= 15 is 0 Å². The highest BCUT2D eigenvalue weighted by Gasteiger charge is 2.08. The van der Waals surface area contributed by atoms with E-state index in [9.17, 15) is 4.39 Å². The van der Waals surface area contributed by atoms with Crippen molar-refractivity contribution in [2.45, 2.75) is 6.61 Å². The molecule has 4 heteroatoms. The molecule has 0 aliphatic rings. The largest absolute Gasteiger partial charge is 0.488 e. The van der Waals surface area contributed by atoms with E-state index in [2.05, 4.69) is 15.9 Å². The molecular weight excluding hydrogens is 355 g/mol. The van der Waals surface area contributed by atoms with Crippen molar-refractivity contribution in [2.75, 3.05) is 0 Å². The van der Waals surface area contributed by atoms with E-state index in [1.54, 1.807) is 0 Å². The number of halogens is 3. The van der Waals surface area contributed by atoms with Crippen molar-refractivity contribution >= 4 is 38.3 Å². The molecule has 0 fully saturated rings. The van der Waals surface area contributed by atoms with Gasteiger partial charge < -0.3 is 4.74 Å². The average molecular weight is 366 g/mol. The number of benzene rings is 3. The Morgan fingerprint density at radius 2 is 1.86 bits per heavy atom. The number of hydrogen-bond acceptors (Lipinski definition) is 1. The number of rotatable bonds is 3. The summed E-state index contributed by atoms with van der Waals surface area (Å²) in [6.07, 6.45) is 0. The monoisotopic (exact) mass is 364 g/mol.